The smallest absolute Gasteiger partial charge is 0.0347 e. The average molecular weight is 1160 g/mol. The average Bonchev–Trinajstić information content (AvgIpc) is 0.766. The quantitative estimate of drug-likeness (QED) is 0.135. The molecule has 8 aromatic carbocycles. The lowest BCUT2D eigenvalue weighted by molar-refractivity contribution is 0.521. The van der Waals surface area contributed by atoms with Crippen LogP contribution >= 0.6 is 0 Å². The molecule has 0 radical (unpaired) electrons. The molecular weight excluding hydrogens is 1030 g/mol. The minimum Gasteiger partial charge on any atom is -0.0625 e. The minimum atomic E-state index is -1.48. The van der Waals surface area contributed by atoms with Crippen LogP contribution in [0.3, 0.4) is 0 Å². The van der Waals surface area contributed by atoms with E-state index in [1.165, 1.54) is 50.1 Å². The molecular formula is C86H118. The monoisotopic (exact) mass is 1160 g/mol. The first-order chi connectivity index (χ1) is 43.1. The van der Waals surface area contributed by atoms with Crippen molar-refractivity contribution in [1.29, 1.82) is 0 Å². The molecule has 1 atom stereocenters. The van der Waals surface area contributed by atoms with Crippen LogP contribution in [-0.2, 0) is 45.2 Å². The third kappa shape index (κ3) is 21.6. The first-order valence-electron chi connectivity index (χ1n) is 35.9. The second-order valence-electron chi connectivity index (χ2n) is 29.9. The van der Waals surface area contributed by atoms with Gasteiger partial charge in [0, 0.05) is 11.0 Å². The highest BCUT2D eigenvalue weighted by molar-refractivity contribution is 5.80. The molecule has 0 nitrogen and oxygen atoms in total. The van der Waals surface area contributed by atoms with E-state index in [0.29, 0.717) is 18.0 Å². The van der Waals surface area contributed by atoms with Crippen molar-refractivity contribution in [3.63, 3.8) is 0 Å². The first kappa shape index (κ1) is 60.1. The van der Waals surface area contributed by atoms with Crippen LogP contribution in [0, 0.1) is 11.8 Å². The van der Waals surface area contributed by atoms with Crippen LogP contribution in [0.1, 0.15) is 258 Å². The number of hydrogen-bond acceptors (Lipinski definition) is 0. The Balaban J connectivity index is 0.000000253. The summed E-state index contributed by atoms with van der Waals surface area (Å²) in [7, 11) is 0. The summed E-state index contributed by atoms with van der Waals surface area (Å²) in [5.41, 5.74) is 18.1. The van der Waals surface area contributed by atoms with Gasteiger partial charge in [0.2, 0.25) is 0 Å². The molecule has 0 spiro atoms. The van der Waals surface area contributed by atoms with Crippen molar-refractivity contribution in [1.82, 2.24) is 0 Å². The molecule has 0 bridgehead atoms. The number of hydrogen-bond donors (Lipinski definition) is 0. The molecule has 1 unspecified atom stereocenters. The van der Waals surface area contributed by atoms with Crippen molar-refractivity contribution in [2.45, 2.75) is 237 Å². The minimum absolute atomic E-state index is 0.0425. The predicted octanol–water partition coefficient (Wildman–Crippen LogP) is 25.9. The molecule has 8 aromatic rings. The van der Waals surface area contributed by atoms with Crippen LogP contribution in [0.5, 0.6) is 0 Å². The fourth-order valence-electron chi connectivity index (χ4n) is 11.2. The van der Waals surface area contributed by atoms with E-state index in [9.17, 15) is 0 Å². The van der Waals surface area contributed by atoms with Crippen molar-refractivity contribution < 1.29 is 11.0 Å². The first-order valence-corrected chi connectivity index (χ1v) is 31.5. The van der Waals surface area contributed by atoms with E-state index < -0.39 is 24.5 Å². The highest BCUT2D eigenvalue weighted by atomic mass is 14.3. The fourth-order valence-corrected chi connectivity index (χ4v) is 11.2. The maximum atomic E-state index is 8.50. The molecule has 0 aliphatic rings. The lowest BCUT2D eigenvalue weighted by Crippen LogP contribution is -2.24. The molecule has 0 heterocycles. The van der Waals surface area contributed by atoms with E-state index in [2.05, 4.69) is 255 Å². The van der Waals surface area contributed by atoms with Gasteiger partial charge in [-0.2, -0.15) is 0 Å². The van der Waals surface area contributed by atoms with Crippen LogP contribution in [0.25, 0.3) is 33.4 Å². The van der Waals surface area contributed by atoms with E-state index in [4.69, 9.17) is 11.0 Å². The van der Waals surface area contributed by atoms with Gasteiger partial charge < -0.3 is 0 Å². The van der Waals surface area contributed by atoms with Gasteiger partial charge in [-0.15, -0.1) is 0 Å². The van der Waals surface area contributed by atoms with Gasteiger partial charge >= 0.3 is 0 Å². The standard InChI is InChI=1S/C22H22.C18H30.C17H28.C16H18.C13H20/c1-22(2,3)21-19(17-11-6-4-7-12-17)15-10-16-20(21)18-13-8-5-9-14-18;1-13(2)11-15-9-8-10-16(12-14(3)4)17(15)18(5,6)7;1-12(2)13-10-9-11-14(16(3,4)5)15(13)17(6,7)8;1-16(2,3)15-12-8-7-11-14(15)13-9-5-4-6-10-13;1-10(2)11-8-6-7-9-12(11)13(3,4)5/h4-16H,1-3H3;8-10,13-14H,11-12H2,1-7H3;9-12H,1-8H3;4-12H,1-3H3;6-10H,1-5H3/i;11D2,12D2;1D,3D,12D;;10D. The topological polar surface area (TPSA) is 0 Å². The zero-order chi connectivity index (χ0) is 71.4. The van der Waals surface area contributed by atoms with Crippen LogP contribution in [0.2, 0.25) is 0 Å². The molecule has 0 saturated heterocycles. The molecule has 86 heavy (non-hydrogen) atoms. The predicted molar refractivity (Wildman–Crippen MR) is 386 cm³/mol. The fraction of sp³-hybridized carbons (Fsp3) is 0.442. The summed E-state index contributed by atoms with van der Waals surface area (Å²) >= 11 is 0. The molecule has 0 amide bonds. The van der Waals surface area contributed by atoms with Crippen molar-refractivity contribution in [3.05, 3.63) is 250 Å². The molecule has 0 aliphatic carbocycles. The Bertz CT molecular complexity index is 3460. The second kappa shape index (κ2) is 31.1. The lowest BCUT2D eigenvalue weighted by atomic mass is 9.71. The van der Waals surface area contributed by atoms with Gasteiger partial charge in [0.15, 0.2) is 0 Å². The summed E-state index contributed by atoms with van der Waals surface area (Å²) in [6.07, 6.45) is -2.96. The Morgan fingerprint density at radius 1 is 0.302 bits per heavy atom. The van der Waals surface area contributed by atoms with Gasteiger partial charge in [-0.05, 0) is 158 Å². The van der Waals surface area contributed by atoms with Gasteiger partial charge in [0.1, 0.15) is 0 Å². The number of rotatable bonds is 9. The zero-order valence-electron chi connectivity index (χ0n) is 66.0. The van der Waals surface area contributed by atoms with Gasteiger partial charge in [-0.25, -0.2) is 0 Å². The zero-order valence-corrected chi connectivity index (χ0v) is 58.0. The maximum Gasteiger partial charge on any atom is 0.0347 e. The van der Waals surface area contributed by atoms with Gasteiger partial charge in [-0.3, -0.25) is 0 Å². The maximum absolute atomic E-state index is 8.50. The van der Waals surface area contributed by atoms with Crippen molar-refractivity contribution in [3.8, 4) is 33.4 Å². The summed E-state index contributed by atoms with van der Waals surface area (Å²) in [5.74, 6) is -1.76. The highest BCUT2D eigenvalue weighted by Gasteiger charge is 2.29. The van der Waals surface area contributed by atoms with Crippen molar-refractivity contribution in [2.75, 3.05) is 0 Å². The van der Waals surface area contributed by atoms with E-state index in [0.717, 1.165) is 27.8 Å². The Kier molecular flexibility index (Phi) is 21.7. The highest BCUT2D eigenvalue weighted by Crippen LogP contribution is 2.42. The van der Waals surface area contributed by atoms with Crippen LogP contribution in [0.15, 0.2) is 194 Å². The molecule has 462 valence electrons. The molecule has 0 aliphatic heterocycles. The van der Waals surface area contributed by atoms with E-state index in [1.54, 1.807) is 6.07 Å². The number of benzene rings is 8. The third-order valence-corrected chi connectivity index (χ3v) is 14.8. The van der Waals surface area contributed by atoms with Crippen LogP contribution in [-0.4, -0.2) is 0 Å². The summed E-state index contributed by atoms with van der Waals surface area (Å²) in [4.78, 5) is 0. The summed E-state index contributed by atoms with van der Waals surface area (Å²) in [5, 5.41) is 0. The molecule has 8 rings (SSSR count). The Morgan fingerprint density at radius 3 is 1.01 bits per heavy atom. The largest absolute Gasteiger partial charge is 0.0625 e. The van der Waals surface area contributed by atoms with Gasteiger partial charge in [0.25, 0.3) is 0 Å². The molecule has 0 heteroatoms. The van der Waals surface area contributed by atoms with E-state index in [1.807, 2.05) is 99.6 Å². The molecule has 0 saturated carbocycles. The van der Waals surface area contributed by atoms with E-state index >= 15 is 0 Å². The van der Waals surface area contributed by atoms with Crippen LogP contribution in [0.4, 0.5) is 0 Å². The van der Waals surface area contributed by atoms with Gasteiger partial charge in [-0.1, -0.05) is 374 Å². The van der Waals surface area contributed by atoms with Crippen LogP contribution < -0.4 is 0 Å². The molecule has 0 aromatic heterocycles. The third-order valence-electron chi connectivity index (χ3n) is 14.8. The Hall–Kier alpha value is -6.24. The molecule has 0 N–H and O–H groups in total. The van der Waals surface area contributed by atoms with Crippen molar-refractivity contribution >= 4 is 0 Å². The second-order valence-corrected chi connectivity index (χ2v) is 29.9. The Morgan fingerprint density at radius 2 is 0.640 bits per heavy atom. The normalized spacial score (nSPS) is 14.6. The molecule has 0 fully saturated rings. The summed E-state index contributed by atoms with van der Waals surface area (Å²) in [6.45, 7) is 50.5. The summed E-state index contributed by atoms with van der Waals surface area (Å²) < 4.78 is 66.1. The lowest BCUT2D eigenvalue weighted by Gasteiger charge is -2.33. The van der Waals surface area contributed by atoms with Crippen molar-refractivity contribution in [2.24, 2.45) is 11.8 Å². The van der Waals surface area contributed by atoms with E-state index in [-0.39, 0.29) is 51.2 Å². The SMILES string of the molecule is CC(C)(C)c1c(-c2ccccc2)cccc1-c1ccccc1.CC(C)(C)c1ccccc1-c1ccccc1.[2H]C(C)(C)c1ccccc1C(C)(C)C.[2H]C([2H])(c1cccc(C([2H])([2H])C(C)C)c1C(C)(C)C)C(C)C.[2H]CC([2H])(C)c1cccc(C(C)(C)C[2H])c1C(C)(C)C. The summed E-state index contributed by atoms with van der Waals surface area (Å²) in [6, 6.07) is 67.0. The van der Waals surface area contributed by atoms with Gasteiger partial charge in [0.05, 0.1) is 0 Å². The Labute approximate surface area is 540 Å².